The van der Waals surface area contributed by atoms with Crippen molar-refractivity contribution in [2.75, 3.05) is 12.0 Å². The molecule has 0 saturated heterocycles. The van der Waals surface area contributed by atoms with E-state index in [1.54, 1.807) is 13.0 Å². The minimum absolute atomic E-state index is 0.151. The fourth-order valence-corrected chi connectivity index (χ4v) is 1.71. The molecule has 2 aromatic rings. The van der Waals surface area contributed by atoms with Crippen LogP contribution in [0.1, 0.15) is 17.3 Å². The fourth-order valence-electron chi connectivity index (χ4n) is 1.71. The number of pyridine rings is 1. The Hall–Kier alpha value is -2.21. The molecule has 1 aromatic heterocycles. The lowest BCUT2D eigenvalue weighted by Crippen LogP contribution is -2.15. The number of halogens is 1. The Morgan fingerprint density at radius 1 is 1.56 bits per heavy atom. The van der Waals surface area contributed by atoms with Crippen LogP contribution in [0.3, 0.4) is 0 Å². The average molecular weight is 249 g/mol. The van der Waals surface area contributed by atoms with Gasteiger partial charge in [-0.25, -0.2) is 9.18 Å². The molecule has 0 aliphatic rings. The maximum Gasteiger partial charge on any atom is 0.341 e. The van der Waals surface area contributed by atoms with Crippen LogP contribution in [-0.2, 0) is 4.74 Å². The topological polar surface area (TPSA) is 77.2 Å². The van der Waals surface area contributed by atoms with Crippen LogP contribution in [-0.4, -0.2) is 17.6 Å². The van der Waals surface area contributed by atoms with E-state index < -0.39 is 11.8 Å². The number of nitrogens with zero attached hydrogens (tertiary/aromatic N) is 1. The summed E-state index contributed by atoms with van der Waals surface area (Å²) in [5, 5.41) is 0.433. The maximum atomic E-state index is 13.5. The number of benzene rings is 1. The van der Waals surface area contributed by atoms with Gasteiger partial charge in [0.05, 0.1) is 12.3 Å². The number of aromatic nitrogens is 1. The lowest BCUT2D eigenvalue weighted by atomic mass is 10.1. The molecule has 3 N–H and O–H groups in total. The van der Waals surface area contributed by atoms with Gasteiger partial charge >= 0.3 is 5.97 Å². The standard InChI is InChI=1S/C12H12FN3O2/c1-2-18-12(17)8-6-15-11-7(10(8)16-14)4-3-5-9(11)13/h3-6H,2,14H2,1H3,(H,15,16). The van der Waals surface area contributed by atoms with Gasteiger partial charge in [0.2, 0.25) is 0 Å². The van der Waals surface area contributed by atoms with Crippen molar-refractivity contribution in [3.8, 4) is 0 Å². The van der Waals surface area contributed by atoms with Crippen LogP contribution >= 0.6 is 0 Å². The minimum Gasteiger partial charge on any atom is -0.462 e. The molecule has 0 atom stereocenters. The van der Waals surface area contributed by atoms with E-state index >= 15 is 0 Å². The summed E-state index contributed by atoms with van der Waals surface area (Å²) in [7, 11) is 0. The molecule has 0 aliphatic heterocycles. The number of carbonyl (C=O) groups is 1. The summed E-state index contributed by atoms with van der Waals surface area (Å²) in [6, 6.07) is 4.44. The summed E-state index contributed by atoms with van der Waals surface area (Å²) < 4.78 is 18.4. The SMILES string of the molecule is CCOC(=O)c1cnc2c(F)cccc2c1NN. The van der Waals surface area contributed by atoms with E-state index in [4.69, 9.17) is 10.6 Å². The van der Waals surface area contributed by atoms with E-state index in [9.17, 15) is 9.18 Å². The molecule has 94 valence electrons. The number of fused-ring (bicyclic) bond motifs is 1. The first-order valence-electron chi connectivity index (χ1n) is 5.40. The molecule has 18 heavy (non-hydrogen) atoms. The zero-order valence-electron chi connectivity index (χ0n) is 9.74. The number of esters is 1. The highest BCUT2D eigenvalue weighted by Gasteiger charge is 2.17. The van der Waals surface area contributed by atoms with Crippen LogP contribution < -0.4 is 11.3 Å². The Bertz CT molecular complexity index is 601. The van der Waals surface area contributed by atoms with Crippen molar-refractivity contribution in [1.82, 2.24) is 4.98 Å². The third-order valence-corrected chi connectivity index (χ3v) is 2.49. The summed E-state index contributed by atoms with van der Waals surface area (Å²) in [6.45, 7) is 1.94. The van der Waals surface area contributed by atoms with Gasteiger partial charge < -0.3 is 10.2 Å². The van der Waals surface area contributed by atoms with Crippen LogP contribution in [0.25, 0.3) is 10.9 Å². The van der Waals surface area contributed by atoms with Crippen LogP contribution in [0.5, 0.6) is 0 Å². The molecule has 1 aromatic carbocycles. The number of ether oxygens (including phenoxy) is 1. The molecule has 1 heterocycles. The Balaban J connectivity index is 2.67. The quantitative estimate of drug-likeness (QED) is 0.493. The van der Waals surface area contributed by atoms with E-state index in [1.165, 1.54) is 18.3 Å². The predicted octanol–water partition coefficient (Wildman–Crippen LogP) is 1.84. The molecule has 6 heteroatoms. The number of nitrogens with one attached hydrogen (secondary N) is 1. The summed E-state index contributed by atoms with van der Waals surface area (Å²) in [6.07, 6.45) is 1.25. The van der Waals surface area contributed by atoms with Gasteiger partial charge in [0.15, 0.2) is 0 Å². The van der Waals surface area contributed by atoms with E-state index in [1.807, 2.05) is 0 Å². The number of nitrogens with two attached hydrogens (primary N) is 1. The monoisotopic (exact) mass is 249 g/mol. The molecule has 0 radical (unpaired) electrons. The molecule has 0 fully saturated rings. The number of hydrogen-bond donors (Lipinski definition) is 2. The molecule has 0 bridgehead atoms. The molecule has 0 spiro atoms. The Kier molecular flexibility index (Phi) is 3.38. The normalized spacial score (nSPS) is 10.4. The van der Waals surface area contributed by atoms with Crippen LogP contribution in [0.15, 0.2) is 24.4 Å². The lowest BCUT2D eigenvalue weighted by molar-refractivity contribution is 0.0527. The van der Waals surface area contributed by atoms with Gasteiger partial charge in [-0.15, -0.1) is 0 Å². The summed E-state index contributed by atoms with van der Waals surface area (Å²) >= 11 is 0. The van der Waals surface area contributed by atoms with Gasteiger partial charge in [0.25, 0.3) is 0 Å². The number of rotatable bonds is 3. The third-order valence-electron chi connectivity index (χ3n) is 2.49. The van der Waals surface area contributed by atoms with Crippen molar-refractivity contribution in [1.29, 1.82) is 0 Å². The van der Waals surface area contributed by atoms with E-state index in [0.29, 0.717) is 11.1 Å². The molecule has 0 aliphatic carbocycles. The lowest BCUT2D eigenvalue weighted by Gasteiger charge is -2.11. The van der Waals surface area contributed by atoms with Crippen molar-refractivity contribution < 1.29 is 13.9 Å². The second kappa shape index (κ2) is 4.97. The highest BCUT2D eigenvalue weighted by Crippen LogP contribution is 2.27. The fraction of sp³-hybridized carbons (Fsp3) is 0.167. The molecule has 0 saturated carbocycles. The van der Waals surface area contributed by atoms with E-state index in [2.05, 4.69) is 10.4 Å². The first-order chi connectivity index (χ1) is 8.69. The van der Waals surface area contributed by atoms with Gasteiger partial charge in [0, 0.05) is 11.6 Å². The first kappa shape index (κ1) is 12.3. The Morgan fingerprint density at radius 3 is 3.00 bits per heavy atom. The van der Waals surface area contributed by atoms with Gasteiger partial charge in [-0.1, -0.05) is 12.1 Å². The molecule has 0 unspecified atom stereocenters. The smallest absolute Gasteiger partial charge is 0.341 e. The average Bonchev–Trinajstić information content (AvgIpc) is 2.38. The van der Waals surface area contributed by atoms with Gasteiger partial charge in [0.1, 0.15) is 16.9 Å². The van der Waals surface area contributed by atoms with Crippen molar-refractivity contribution in [3.63, 3.8) is 0 Å². The number of hydrazine groups is 1. The summed E-state index contributed by atoms with van der Waals surface area (Å²) in [5.74, 6) is 4.37. The first-order valence-corrected chi connectivity index (χ1v) is 5.40. The number of anilines is 1. The van der Waals surface area contributed by atoms with Gasteiger partial charge in [-0.05, 0) is 13.0 Å². The van der Waals surface area contributed by atoms with Crippen LogP contribution in [0.4, 0.5) is 10.1 Å². The van der Waals surface area contributed by atoms with Crippen LogP contribution in [0, 0.1) is 5.82 Å². The van der Waals surface area contributed by atoms with E-state index in [0.717, 1.165) is 0 Å². The van der Waals surface area contributed by atoms with Crippen molar-refractivity contribution in [3.05, 3.63) is 35.8 Å². The minimum atomic E-state index is -0.552. The predicted molar refractivity (Wildman–Crippen MR) is 65.5 cm³/mol. The van der Waals surface area contributed by atoms with Crippen molar-refractivity contribution in [2.45, 2.75) is 6.92 Å². The maximum absolute atomic E-state index is 13.5. The van der Waals surface area contributed by atoms with Crippen LogP contribution in [0.2, 0.25) is 0 Å². The molecule has 0 amide bonds. The van der Waals surface area contributed by atoms with Gasteiger partial charge in [-0.3, -0.25) is 10.8 Å². The summed E-state index contributed by atoms with van der Waals surface area (Å²) in [4.78, 5) is 15.6. The largest absolute Gasteiger partial charge is 0.462 e. The number of para-hydroxylation sites is 1. The van der Waals surface area contributed by atoms with E-state index in [-0.39, 0.29) is 17.7 Å². The Morgan fingerprint density at radius 2 is 2.33 bits per heavy atom. The molecular formula is C12H12FN3O2. The molecule has 2 rings (SSSR count). The number of hydrogen-bond acceptors (Lipinski definition) is 5. The molecular weight excluding hydrogens is 237 g/mol. The number of carbonyl (C=O) groups excluding carboxylic acids is 1. The van der Waals surface area contributed by atoms with Crippen molar-refractivity contribution >= 4 is 22.6 Å². The highest BCUT2D eigenvalue weighted by atomic mass is 19.1. The van der Waals surface area contributed by atoms with Gasteiger partial charge in [-0.2, -0.15) is 0 Å². The third kappa shape index (κ3) is 1.98. The second-order valence-electron chi connectivity index (χ2n) is 3.55. The number of nitrogen functional groups attached to an aromatic ring is 1. The zero-order valence-corrected chi connectivity index (χ0v) is 9.74. The summed E-state index contributed by atoms with van der Waals surface area (Å²) in [5.41, 5.74) is 3.03. The molecule has 5 nitrogen and oxygen atoms in total. The Labute approximate surface area is 103 Å². The zero-order chi connectivity index (χ0) is 13.1. The van der Waals surface area contributed by atoms with Crippen molar-refractivity contribution in [2.24, 2.45) is 5.84 Å². The highest BCUT2D eigenvalue weighted by molar-refractivity contribution is 6.04. The second-order valence-corrected chi connectivity index (χ2v) is 3.55.